The van der Waals surface area contributed by atoms with E-state index in [2.05, 4.69) is 19.9 Å². The van der Waals surface area contributed by atoms with E-state index >= 15 is 0 Å². The number of fused-ring (bicyclic) bond motifs is 1. The number of hydrogen-bond acceptors (Lipinski definition) is 5. The molecule has 0 radical (unpaired) electrons. The zero-order valence-corrected chi connectivity index (χ0v) is 8.78. The third kappa shape index (κ3) is 2.21. The Labute approximate surface area is 90.0 Å². The number of aromatic amines is 1. The molecular formula is C9H8N4OS. The van der Waals surface area contributed by atoms with Crippen molar-refractivity contribution in [2.45, 2.75) is 11.9 Å². The van der Waals surface area contributed by atoms with Crippen molar-refractivity contribution in [3.63, 3.8) is 0 Å². The van der Waals surface area contributed by atoms with Crippen molar-refractivity contribution < 1.29 is 4.79 Å². The number of nitrogens with one attached hydrogen (secondary N) is 1. The van der Waals surface area contributed by atoms with Crippen molar-refractivity contribution in [1.29, 1.82) is 0 Å². The molecule has 2 heterocycles. The largest absolute Gasteiger partial charge is 0.341 e. The number of hydrogen-bond donors (Lipinski definition) is 1. The molecule has 0 saturated carbocycles. The highest BCUT2D eigenvalue weighted by Gasteiger charge is 2.03. The minimum atomic E-state index is 0.0115. The summed E-state index contributed by atoms with van der Waals surface area (Å²) in [5.41, 5.74) is 1.42. The molecule has 0 bridgehead atoms. The van der Waals surface area contributed by atoms with Crippen LogP contribution >= 0.6 is 11.8 Å². The van der Waals surface area contributed by atoms with Crippen LogP contribution in [0.15, 0.2) is 29.2 Å². The van der Waals surface area contributed by atoms with E-state index in [1.807, 2.05) is 0 Å². The SMILES string of the molecule is CC(=O)C=CSc1ncnc2nc[nH]c12. The van der Waals surface area contributed by atoms with Crippen LogP contribution in [0.25, 0.3) is 11.2 Å². The molecule has 1 N–H and O–H groups in total. The van der Waals surface area contributed by atoms with Gasteiger partial charge in [-0.25, -0.2) is 15.0 Å². The van der Waals surface area contributed by atoms with Gasteiger partial charge in [0.2, 0.25) is 0 Å². The molecule has 0 unspecified atom stereocenters. The van der Waals surface area contributed by atoms with Crippen LogP contribution in [0.2, 0.25) is 0 Å². The maximum absolute atomic E-state index is 10.7. The van der Waals surface area contributed by atoms with Gasteiger partial charge in [0.1, 0.15) is 16.9 Å². The Bertz CT molecular complexity index is 520. The van der Waals surface area contributed by atoms with E-state index in [0.29, 0.717) is 5.65 Å². The van der Waals surface area contributed by atoms with E-state index < -0.39 is 0 Å². The van der Waals surface area contributed by atoms with Gasteiger partial charge in [0.05, 0.1) is 6.33 Å². The second-order valence-electron chi connectivity index (χ2n) is 2.81. The summed E-state index contributed by atoms with van der Waals surface area (Å²) in [4.78, 5) is 25.7. The standard InChI is InChI=1S/C9H8N4OS/c1-6(14)2-3-15-9-7-8(11-4-10-7)12-5-13-9/h2-5H,1H3,(H,10,11,12,13). The molecule has 0 atom stereocenters. The van der Waals surface area contributed by atoms with Crippen LogP contribution in [0, 0.1) is 0 Å². The number of carbonyl (C=O) groups is 1. The van der Waals surface area contributed by atoms with Crippen molar-refractivity contribution in [2.24, 2.45) is 0 Å². The molecule has 0 aliphatic rings. The first-order valence-electron chi connectivity index (χ1n) is 4.25. The number of ketones is 1. The molecular weight excluding hydrogens is 212 g/mol. The lowest BCUT2D eigenvalue weighted by molar-refractivity contribution is -0.112. The summed E-state index contributed by atoms with van der Waals surface area (Å²) in [5, 5.41) is 2.46. The smallest absolute Gasteiger partial charge is 0.181 e. The maximum Gasteiger partial charge on any atom is 0.181 e. The monoisotopic (exact) mass is 220 g/mol. The number of allylic oxidation sites excluding steroid dienone is 1. The number of nitrogens with zero attached hydrogens (tertiary/aromatic N) is 3. The van der Waals surface area contributed by atoms with Crippen LogP contribution in [0.1, 0.15) is 6.92 Å². The lowest BCUT2D eigenvalue weighted by Gasteiger charge is -1.94. The first-order chi connectivity index (χ1) is 7.27. The third-order valence-electron chi connectivity index (χ3n) is 1.67. The van der Waals surface area contributed by atoms with E-state index in [1.54, 1.807) is 11.7 Å². The van der Waals surface area contributed by atoms with Crippen molar-refractivity contribution >= 4 is 28.7 Å². The molecule has 2 aromatic rings. The molecule has 76 valence electrons. The van der Waals surface area contributed by atoms with E-state index in [-0.39, 0.29) is 5.78 Å². The summed E-state index contributed by atoms with van der Waals surface area (Å²) < 4.78 is 0. The lowest BCUT2D eigenvalue weighted by Crippen LogP contribution is -1.84. The zero-order chi connectivity index (χ0) is 10.7. The van der Waals surface area contributed by atoms with Crippen LogP contribution in [0.4, 0.5) is 0 Å². The summed E-state index contributed by atoms with van der Waals surface area (Å²) in [6.07, 6.45) is 4.51. The van der Waals surface area contributed by atoms with Crippen molar-refractivity contribution in [1.82, 2.24) is 19.9 Å². The Morgan fingerprint density at radius 2 is 2.33 bits per heavy atom. The van der Waals surface area contributed by atoms with Crippen LogP contribution < -0.4 is 0 Å². The molecule has 0 amide bonds. The number of thioether (sulfide) groups is 1. The molecule has 0 saturated heterocycles. The van der Waals surface area contributed by atoms with E-state index in [1.165, 1.54) is 31.1 Å². The molecule has 15 heavy (non-hydrogen) atoms. The quantitative estimate of drug-likeness (QED) is 0.482. The fourth-order valence-corrected chi connectivity index (χ4v) is 1.79. The van der Waals surface area contributed by atoms with Gasteiger partial charge in [-0.05, 0) is 18.4 Å². The van der Waals surface area contributed by atoms with E-state index in [0.717, 1.165) is 10.5 Å². The molecule has 0 fully saturated rings. The Kier molecular flexibility index (Phi) is 2.77. The zero-order valence-electron chi connectivity index (χ0n) is 7.97. The highest BCUT2D eigenvalue weighted by molar-refractivity contribution is 8.02. The molecule has 0 aliphatic heterocycles. The average Bonchev–Trinajstić information content (AvgIpc) is 2.65. The summed E-state index contributed by atoms with van der Waals surface area (Å²) in [5.74, 6) is 0.0115. The predicted octanol–water partition coefficient (Wildman–Crippen LogP) is 1.55. The van der Waals surface area contributed by atoms with Crippen molar-refractivity contribution in [2.75, 3.05) is 0 Å². The first-order valence-corrected chi connectivity index (χ1v) is 5.13. The Morgan fingerprint density at radius 1 is 1.47 bits per heavy atom. The first kappa shape index (κ1) is 9.85. The highest BCUT2D eigenvalue weighted by Crippen LogP contribution is 2.22. The van der Waals surface area contributed by atoms with Gasteiger partial charge < -0.3 is 4.98 Å². The van der Waals surface area contributed by atoms with E-state index in [4.69, 9.17) is 0 Å². The van der Waals surface area contributed by atoms with Crippen LogP contribution in [0.3, 0.4) is 0 Å². The summed E-state index contributed by atoms with van der Waals surface area (Å²) in [6, 6.07) is 0. The average molecular weight is 220 g/mol. The number of H-pyrrole nitrogens is 1. The van der Waals surface area contributed by atoms with Gasteiger partial charge in [0, 0.05) is 0 Å². The lowest BCUT2D eigenvalue weighted by atomic mass is 10.5. The highest BCUT2D eigenvalue weighted by atomic mass is 32.2. The molecule has 2 rings (SSSR count). The predicted molar refractivity (Wildman–Crippen MR) is 57.4 cm³/mol. The fourth-order valence-electron chi connectivity index (χ4n) is 1.03. The van der Waals surface area contributed by atoms with Crippen molar-refractivity contribution in [3.8, 4) is 0 Å². The summed E-state index contributed by atoms with van der Waals surface area (Å²) >= 11 is 1.36. The number of carbonyl (C=O) groups excluding carboxylic acids is 1. The molecule has 2 aromatic heterocycles. The van der Waals surface area contributed by atoms with Gasteiger partial charge >= 0.3 is 0 Å². The normalized spacial score (nSPS) is 11.3. The van der Waals surface area contributed by atoms with Gasteiger partial charge in [-0.15, -0.1) is 0 Å². The van der Waals surface area contributed by atoms with Crippen LogP contribution in [-0.4, -0.2) is 25.7 Å². The van der Waals surface area contributed by atoms with Crippen LogP contribution in [0.5, 0.6) is 0 Å². The molecule has 0 aliphatic carbocycles. The minimum Gasteiger partial charge on any atom is -0.341 e. The second-order valence-corrected chi connectivity index (χ2v) is 3.71. The molecule has 0 aromatic carbocycles. The topological polar surface area (TPSA) is 71.5 Å². The Balaban J connectivity index is 2.27. The second kappa shape index (κ2) is 4.22. The molecule has 6 heteroatoms. The Morgan fingerprint density at radius 3 is 3.13 bits per heavy atom. The minimum absolute atomic E-state index is 0.0115. The summed E-state index contributed by atoms with van der Waals surface area (Å²) in [6.45, 7) is 1.50. The Hall–Kier alpha value is -1.69. The van der Waals surface area contributed by atoms with E-state index in [9.17, 15) is 4.79 Å². The fraction of sp³-hybridized carbons (Fsp3) is 0.111. The number of rotatable bonds is 3. The van der Waals surface area contributed by atoms with Crippen molar-refractivity contribution in [3.05, 3.63) is 24.1 Å². The number of imidazole rings is 1. The number of aromatic nitrogens is 4. The van der Waals surface area contributed by atoms with Gasteiger partial charge in [0.15, 0.2) is 11.4 Å². The van der Waals surface area contributed by atoms with Gasteiger partial charge in [-0.3, -0.25) is 4.79 Å². The third-order valence-corrected chi connectivity index (χ3v) is 2.48. The molecule has 0 spiro atoms. The van der Waals surface area contributed by atoms with Gasteiger partial charge in [0.25, 0.3) is 0 Å². The summed E-state index contributed by atoms with van der Waals surface area (Å²) in [7, 11) is 0. The molecule has 5 nitrogen and oxygen atoms in total. The van der Waals surface area contributed by atoms with Gasteiger partial charge in [-0.2, -0.15) is 0 Å². The maximum atomic E-state index is 10.7. The van der Waals surface area contributed by atoms with Gasteiger partial charge in [-0.1, -0.05) is 11.8 Å². The van der Waals surface area contributed by atoms with Crippen LogP contribution in [-0.2, 0) is 4.79 Å².